The average molecular weight is 294 g/mol. The maximum Gasteiger partial charge on any atom is 0.306 e. The molecule has 0 radical (unpaired) electrons. The van der Waals surface area contributed by atoms with Gasteiger partial charge in [-0.3, -0.25) is 4.79 Å². The van der Waals surface area contributed by atoms with E-state index in [0.29, 0.717) is 23.7 Å². The molecule has 0 amide bonds. The van der Waals surface area contributed by atoms with Crippen molar-refractivity contribution in [3.8, 4) is 0 Å². The predicted octanol–water partition coefficient (Wildman–Crippen LogP) is 4.11. The quantitative estimate of drug-likeness (QED) is 0.852. The second kappa shape index (κ2) is 5.91. The number of carboxylic acid groups (broad SMARTS) is 1. The molecule has 1 heterocycles. The average Bonchev–Trinajstić information content (AvgIpc) is 2.45. The van der Waals surface area contributed by atoms with Gasteiger partial charge in [0.05, 0.1) is 11.5 Å². The Morgan fingerprint density at radius 1 is 1.24 bits per heavy atom. The predicted molar refractivity (Wildman–Crippen MR) is 82.1 cm³/mol. The Hall–Kier alpha value is -0.570. The molecule has 3 rings (SSSR count). The van der Waals surface area contributed by atoms with Gasteiger partial charge in [-0.25, -0.2) is 0 Å². The van der Waals surface area contributed by atoms with Gasteiger partial charge in [0, 0.05) is 6.61 Å². The maximum absolute atomic E-state index is 11.7. The molecule has 3 aliphatic rings. The van der Waals surface area contributed by atoms with Gasteiger partial charge in [0.2, 0.25) is 0 Å². The molecule has 1 aliphatic heterocycles. The third kappa shape index (κ3) is 2.99. The van der Waals surface area contributed by atoms with Crippen LogP contribution in [0.1, 0.15) is 65.2 Å². The molecule has 3 fully saturated rings. The molecular weight excluding hydrogens is 264 g/mol. The van der Waals surface area contributed by atoms with Gasteiger partial charge >= 0.3 is 5.97 Å². The maximum atomic E-state index is 11.7. The summed E-state index contributed by atoms with van der Waals surface area (Å²) < 4.78 is 6.05. The van der Waals surface area contributed by atoms with Crippen molar-refractivity contribution in [3.63, 3.8) is 0 Å². The summed E-state index contributed by atoms with van der Waals surface area (Å²) in [6.07, 6.45) is 8.97. The summed E-state index contributed by atoms with van der Waals surface area (Å²) in [6.45, 7) is 5.43. The minimum absolute atomic E-state index is 0.111. The van der Waals surface area contributed by atoms with Crippen LogP contribution in [0.2, 0.25) is 0 Å². The van der Waals surface area contributed by atoms with Gasteiger partial charge in [-0.2, -0.15) is 0 Å². The second-order valence-corrected chi connectivity index (χ2v) is 8.06. The Labute approximate surface area is 128 Å². The first-order chi connectivity index (χ1) is 10.0. The zero-order valence-electron chi connectivity index (χ0n) is 13.5. The lowest BCUT2D eigenvalue weighted by atomic mass is 9.61. The number of ether oxygens (including phenoxy) is 1. The zero-order valence-corrected chi connectivity index (χ0v) is 13.5. The van der Waals surface area contributed by atoms with Gasteiger partial charge in [0.15, 0.2) is 0 Å². The van der Waals surface area contributed by atoms with Crippen molar-refractivity contribution >= 4 is 5.97 Å². The normalized spacial score (nSPS) is 39.2. The molecule has 0 aromatic carbocycles. The van der Waals surface area contributed by atoms with E-state index in [1.165, 1.54) is 19.3 Å². The lowest BCUT2D eigenvalue weighted by Gasteiger charge is -2.51. The van der Waals surface area contributed by atoms with Crippen molar-refractivity contribution in [1.29, 1.82) is 0 Å². The van der Waals surface area contributed by atoms with Crippen molar-refractivity contribution in [2.75, 3.05) is 6.61 Å². The highest BCUT2D eigenvalue weighted by Crippen LogP contribution is 2.50. The molecule has 3 nitrogen and oxygen atoms in total. The van der Waals surface area contributed by atoms with E-state index in [1.807, 2.05) is 0 Å². The minimum atomic E-state index is -0.559. The SMILES string of the molecule is CC(C)C1CCC(C(=O)O)C(C2CCOC3(CCC3)C2)C1. The van der Waals surface area contributed by atoms with Crippen molar-refractivity contribution in [2.24, 2.45) is 29.6 Å². The molecule has 21 heavy (non-hydrogen) atoms. The number of hydrogen-bond donors (Lipinski definition) is 1. The summed E-state index contributed by atoms with van der Waals surface area (Å²) in [7, 11) is 0. The largest absolute Gasteiger partial charge is 0.481 e. The van der Waals surface area contributed by atoms with Crippen molar-refractivity contribution in [3.05, 3.63) is 0 Å². The van der Waals surface area contributed by atoms with Crippen LogP contribution in [0.15, 0.2) is 0 Å². The van der Waals surface area contributed by atoms with Gasteiger partial charge in [0.25, 0.3) is 0 Å². The minimum Gasteiger partial charge on any atom is -0.481 e. The molecule has 0 bridgehead atoms. The number of carbonyl (C=O) groups is 1. The van der Waals surface area contributed by atoms with E-state index in [-0.39, 0.29) is 11.5 Å². The monoisotopic (exact) mass is 294 g/mol. The van der Waals surface area contributed by atoms with Crippen LogP contribution in [-0.4, -0.2) is 23.3 Å². The van der Waals surface area contributed by atoms with Gasteiger partial charge in [-0.05, 0) is 75.0 Å². The Morgan fingerprint density at radius 2 is 2.00 bits per heavy atom. The lowest BCUT2D eigenvalue weighted by Crippen LogP contribution is -2.49. The molecular formula is C18H30O3. The summed E-state index contributed by atoms with van der Waals surface area (Å²) in [5, 5.41) is 9.63. The van der Waals surface area contributed by atoms with Crippen LogP contribution in [0.25, 0.3) is 0 Å². The van der Waals surface area contributed by atoms with Crippen LogP contribution >= 0.6 is 0 Å². The highest BCUT2D eigenvalue weighted by Gasteiger charge is 2.47. The van der Waals surface area contributed by atoms with E-state index >= 15 is 0 Å². The van der Waals surface area contributed by atoms with Gasteiger partial charge < -0.3 is 9.84 Å². The number of hydrogen-bond acceptors (Lipinski definition) is 2. The first kappa shape index (κ1) is 15.3. The van der Waals surface area contributed by atoms with E-state index < -0.39 is 5.97 Å². The number of rotatable bonds is 3. The van der Waals surface area contributed by atoms with E-state index in [2.05, 4.69) is 13.8 Å². The van der Waals surface area contributed by atoms with Gasteiger partial charge in [0.1, 0.15) is 0 Å². The molecule has 4 atom stereocenters. The summed E-state index contributed by atoms with van der Waals surface area (Å²) in [5.74, 6) is 1.67. The lowest BCUT2D eigenvalue weighted by molar-refractivity contribution is -0.164. The molecule has 3 heteroatoms. The van der Waals surface area contributed by atoms with Gasteiger partial charge in [-0.15, -0.1) is 0 Å². The smallest absolute Gasteiger partial charge is 0.306 e. The van der Waals surface area contributed by atoms with Crippen molar-refractivity contribution in [1.82, 2.24) is 0 Å². The van der Waals surface area contributed by atoms with E-state index in [9.17, 15) is 9.90 Å². The molecule has 0 aromatic rings. The molecule has 1 spiro atoms. The Balaban J connectivity index is 1.73. The molecule has 1 N–H and O–H groups in total. The standard InChI is InChI=1S/C18H30O3/c1-12(2)13-4-5-15(17(19)20)16(10-13)14-6-9-21-18(11-14)7-3-8-18/h12-16H,3-11H2,1-2H3,(H,19,20). The van der Waals surface area contributed by atoms with E-state index in [4.69, 9.17) is 4.74 Å². The summed E-state index contributed by atoms with van der Waals surface area (Å²) >= 11 is 0. The van der Waals surface area contributed by atoms with Crippen LogP contribution in [-0.2, 0) is 9.53 Å². The number of aliphatic carboxylic acids is 1. The van der Waals surface area contributed by atoms with E-state index in [0.717, 1.165) is 38.7 Å². The molecule has 4 unspecified atom stereocenters. The molecule has 2 aliphatic carbocycles. The van der Waals surface area contributed by atoms with Crippen LogP contribution in [0.3, 0.4) is 0 Å². The fourth-order valence-corrected chi connectivity index (χ4v) is 5.02. The highest BCUT2D eigenvalue weighted by molar-refractivity contribution is 5.70. The topological polar surface area (TPSA) is 46.5 Å². The Kier molecular flexibility index (Phi) is 4.31. The van der Waals surface area contributed by atoms with Crippen LogP contribution in [0.5, 0.6) is 0 Å². The van der Waals surface area contributed by atoms with Crippen LogP contribution in [0, 0.1) is 29.6 Å². The summed E-state index contributed by atoms with van der Waals surface area (Å²) in [4.78, 5) is 11.7. The van der Waals surface area contributed by atoms with Crippen molar-refractivity contribution in [2.45, 2.75) is 70.8 Å². The first-order valence-corrected chi connectivity index (χ1v) is 8.87. The molecule has 2 saturated carbocycles. The summed E-state index contributed by atoms with van der Waals surface area (Å²) in [6, 6.07) is 0. The fourth-order valence-electron chi connectivity index (χ4n) is 5.02. The fraction of sp³-hybridized carbons (Fsp3) is 0.944. The van der Waals surface area contributed by atoms with Crippen LogP contribution < -0.4 is 0 Å². The summed E-state index contributed by atoms with van der Waals surface area (Å²) in [5.41, 5.74) is 0.136. The first-order valence-electron chi connectivity index (χ1n) is 8.87. The van der Waals surface area contributed by atoms with Gasteiger partial charge in [-0.1, -0.05) is 13.8 Å². The Bertz CT molecular complexity index is 386. The number of carboxylic acids is 1. The second-order valence-electron chi connectivity index (χ2n) is 8.06. The Morgan fingerprint density at radius 3 is 2.57 bits per heavy atom. The molecule has 1 saturated heterocycles. The van der Waals surface area contributed by atoms with Crippen LogP contribution in [0.4, 0.5) is 0 Å². The molecule has 0 aromatic heterocycles. The third-order valence-electron chi connectivity index (χ3n) is 6.60. The van der Waals surface area contributed by atoms with Crippen molar-refractivity contribution < 1.29 is 14.6 Å². The van der Waals surface area contributed by atoms with E-state index in [1.54, 1.807) is 0 Å². The highest BCUT2D eigenvalue weighted by atomic mass is 16.5. The molecule has 120 valence electrons. The third-order valence-corrected chi connectivity index (χ3v) is 6.60. The zero-order chi connectivity index (χ0) is 15.0.